The largest absolute Gasteiger partial charge is 0.492 e. The Labute approximate surface area is 131 Å². The van der Waals surface area contributed by atoms with E-state index in [-0.39, 0.29) is 5.91 Å². The highest BCUT2D eigenvalue weighted by Crippen LogP contribution is 2.13. The van der Waals surface area contributed by atoms with Crippen molar-refractivity contribution in [3.63, 3.8) is 0 Å². The number of aryl methyl sites for hydroxylation is 1. The van der Waals surface area contributed by atoms with E-state index in [0.29, 0.717) is 18.7 Å². The maximum absolute atomic E-state index is 12.0. The number of carbonyl (C=O) groups is 1. The highest BCUT2D eigenvalue weighted by molar-refractivity contribution is 5.94. The molecule has 0 unspecified atom stereocenters. The summed E-state index contributed by atoms with van der Waals surface area (Å²) in [7, 11) is 3.94. The van der Waals surface area contributed by atoms with E-state index in [1.165, 1.54) is 0 Å². The molecule has 0 heterocycles. The van der Waals surface area contributed by atoms with E-state index in [1.807, 2.05) is 74.4 Å². The third-order valence-corrected chi connectivity index (χ3v) is 3.29. The van der Waals surface area contributed by atoms with Crippen LogP contribution in [0.5, 0.6) is 5.75 Å². The monoisotopic (exact) mass is 298 g/mol. The van der Waals surface area contributed by atoms with Gasteiger partial charge in [0.2, 0.25) is 0 Å². The number of amides is 1. The van der Waals surface area contributed by atoms with Gasteiger partial charge in [0.05, 0.1) is 6.54 Å². The van der Waals surface area contributed by atoms with E-state index < -0.39 is 0 Å². The van der Waals surface area contributed by atoms with E-state index in [4.69, 9.17) is 4.74 Å². The summed E-state index contributed by atoms with van der Waals surface area (Å²) in [5.74, 6) is 0.739. The Morgan fingerprint density at radius 3 is 2.50 bits per heavy atom. The molecule has 2 aromatic rings. The van der Waals surface area contributed by atoms with Crippen molar-refractivity contribution in [3.05, 3.63) is 59.7 Å². The molecular formula is C18H22N2O2. The van der Waals surface area contributed by atoms with Gasteiger partial charge >= 0.3 is 0 Å². The third kappa shape index (κ3) is 4.52. The van der Waals surface area contributed by atoms with E-state index in [1.54, 1.807) is 0 Å². The van der Waals surface area contributed by atoms with Gasteiger partial charge in [-0.25, -0.2) is 0 Å². The van der Waals surface area contributed by atoms with Gasteiger partial charge < -0.3 is 15.0 Å². The van der Waals surface area contributed by atoms with Gasteiger partial charge in [0.15, 0.2) is 0 Å². The van der Waals surface area contributed by atoms with E-state index in [2.05, 4.69) is 5.32 Å². The standard InChI is InChI=1S/C18H22N2O2/c1-14-5-4-6-17(13-14)22-12-11-19-18(21)15-7-9-16(10-8-15)20(2)3/h4-10,13H,11-12H2,1-3H3,(H,19,21). The lowest BCUT2D eigenvalue weighted by Crippen LogP contribution is -2.28. The molecule has 22 heavy (non-hydrogen) atoms. The van der Waals surface area contributed by atoms with Crippen molar-refractivity contribution in [3.8, 4) is 5.75 Å². The Morgan fingerprint density at radius 1 is 1.14 bits per heavy atom. The number of hydrogen-bond donors (Lipinski definition) is 1. The third-order valence-electron chi connectivity index (χ3n) is 3.29. The molecule has 4 nitrogen and oxygen atoms in total. The lowest BCUT2D eigenvalue weighted by Gasteiger charge is -2.12. The number of nitrogens with zero attached hydrogens (tertiary/aromatic N) is 1. The van der Waals surface area contributed by atoms with Crippen molar-refractivity contribution in [2.75, 3.05) is 32.1 Å². The first-order valence-corrected chi connectivity index (χ1v) is 7.31. The maximum Gasteiger partial charge on any atom is 0.251 e. The fourth-order valence-electron chi connectivity index (χ4n) is 2.05. The van der Waals surface area contributed by atoms with Gasteiger partial charge in [-0.15, -0.1) is 0 Å². The van der Waals surface area contributed by atoms with Crippen LogP contribution in [0.15, 0.2) is 48.5 Å². The van der Waals surface area contributed by atoms with E-state index in [0.717, 1.165) is 17.0 Å². The Hall–Kier alpha value is -2.49. The summed E-state index contributed by atoms with van der Waals surface area (Å²) in [6.45, 7) is 2.94. The summed E-state index contributed by atoms with van der Waals surface area (Å²) in [5, 5.41) is 2.85. The average molecular weight is 298 g/mol. The SMILES string of the molecule is Cc1cccc(OCCNC(=O)c2ccc(N(C)C)cc2)c1. The van der Waals surface area contributed by atoms with E-state index >= 15 is 0 Å². The first kappa shape index (κ1) is 15.9. The molecule has 1 N–H and O–H groups in total. The van der Waals surface area contributed by atoms with Crippen LogP contribution in [0.4, 0.5) is 5.69 Å². The second-order valence-corrected chi connectivity index (χ2v) is 5.36. The molecule has 0 aromatic heterocycles. The second kappa shape index (κ2) is 7.50. The molecule has 0 aliphatic carbocycles. The van der Waals surface area contributed by atoms with Gasteiger partial charge in [-0.05, 0) is 48.9 Å². The smallest absolute Gasteiger partial charge is 0.251 e. The first-order chi connectivity index (χ1) is 10.6. The molecule has 0 aliphatic heterocycles. The van der Waals surface area contributed by atoms with Crippen molar-refractivity contribution in [1.29, 1.82) is 0 Å². The molecule has 0 bridgehead atoms. The van der Waals surface area contributed by atoms with Crippen LogP contribution >= 0.6 is 0 Å². The number of anilines is 1. The highest BCUT2D eigenvalue weighted by Gasteiger charge is 2.05. The van der Waals surface area contributed by atoms with Crippen LogP contribution in [0.25, 0.3) is 0 Å². The van der Waals surface area contributed by atoms with E-state index in [9.17, 15) is 4.79 Å². The summed E-state index contributed by atoms with van der Waals surface area (Å²) < 4.78 is 5.60. The summed E-state index contributed by atoms with van der Waals surface area (Å²) >= 11 is 0. The van der Waals surface area contributed by atoms with Crippen LogP contribution in [0, 0.1) is 6.92 Å². The minimum Gasteiger partial charge on any atom is -0.492 e. The maximum atomic E-state index is 12.0. The van der Waals surface area contributed by atoms with Gasteiger partial charge in [-0.1, -0.05) is 12.1 Å². The molecule has 2 aromatic carbocycles. The van der Waals surface area contributed by atoms with Crippen LogP contribution in [-0.4, -0.2) is 33.2 Å². The number of benzene rings is 2. The first-order valence-electron chi connectivity index (χ1n) is 7.31. The fraction of sp³-hybridized carbons (Fsp3) is 0.278. The van der Waals surface area contributed by atoms with Crippen molar-refractivity contribution in [2.24, 2.45) is 0 Å². The summed E-state index contributed by atoms with van der Waals surface area (Å²) in [6, 6.07) is 15.4. The topological polar surface area (TPSA) is 41.6 Å². The molecule has 0 saturated heterocycles. The van der Waals surface area contributed by atoms with Gasteiger partial charge in [-0.3, -0.25) is 4.79 Å². The Balaban J connectivity index is 1.78. The fourth-order valence-corrected chi connectivity index (χ4v) is 2.05. The number of rotatable bonds is 6. The molecular weight excluding hydrogens is 276 g/mol. The zero-order valence-electron chi connectivity index (χ0n) is 13.3. The lowest BCUT2D eigenvalue weighted by atomic mass is 10.2. The van der Waals surface area contributed by atoms with Crippen LogP contribution in [0.1, 0.15) is 15.9 Å². The normalized spacial score (nSPS) is 10.1. The molecule has 0 radical (unpaired) electrons. The van der Waals surface area contributed by atoms with Crippen LogP contribution < -0.4 is 15.0 Å². The van der Waals surface area contributed by atoms with Gasteiger partial charge in [-0.2, -0.15) is 0 Å². The molecule has 1 amide bonds. The molecule has 2 rings (SSSR count). The lowest BCUT2D eigenvalue weighted by molar-refractivity contribution is 0.0947. The van der Waals surface area contributed by atoms with Gasteiger partial charge in [0.1, 0.15) is 12.4 Å². The molecule has 0 fully saturated rings. The van der Waals surface area contributed by atoms with Crippen LogP contribution in [0.2, 0.25) is 0 Å². The van der Waals surface area contributed by atoms with Crippen LogP contribution in [0.3, 0.4) is 0 Å². The summed E-state index contributed by atoms with van der Waals surface area (Å²) in [5.41, 5.74) is 2.88. The molecule has 0 atom stereocenters. The number of nitrogens with one attached hydrogen (secondary N) is 1. The van der Waals surface area contributed by atoms with Crippen molar-refractivity contribution in [1.82, 2.24) is 5.32 Å². The summed E-state index contributed by atoms with van der Waals surface area (Å²) in [4.78, 5) is 14.0. The predicted molar refractivity (Wildman–Crippen MR) is 89.8 cm³/mol. The highest BCUT2D eigenvalue weighted by atomic mass is 16.5. The predicted octanol–water partition coefficient (Wildman–Crippen LogP) is 2.87. The number of ether oxygens (including phenoxy) is 1. The van der Waals surface area contributed by atoms with Crippen molar-refractivity contribution >= 4 is 11.6 Å². The second-order valence-electron chi connectivity index (χ2n) is 5.36. The zero-order valence-corrected chi connectivity index (χ0v) is 13.3. The zero-order chi connectivity index (χ0) is 15.9. The minimum atomic E-state index is -0.0850. The number of hydrogen-bond acceptors (Lipinski definition) is 3. The van der Waals surface area contributed by atoms with Crippen molar-refractivity contribution < 1.29 is 9.53 Å². The van der Waals surface area contributed by atoms with Gasteiger partial charge in [0, 0.05) is 25.3 Å². The summed E-state index contributed by atoms with van der Waals surface area (Å²) in [6.07, 6.45) is 0. The molecule has 4 heteroatoms. The Kier molecular flexibility index (Phi) is 5.42. The van der Waals surface area contributed by atoms with Gasteiger partial charge in [0.25, 0.3) is 5.91 Å². The average Bonchev–Trinajstić information content (AvgIpc) is 2.51. The Morgan fingerprint density at radius 2 is 1.86 bits per heavy atom. The van der Waals surface area contributed by atoms with Crippen molar-refractivity contribution in [2.45, 2.75) is 6.92 Å². The molecule has 116 valence electrons. The molecule has 0 aliphatic rings. The molecule has 0 spiro atoms. The minimum absolute atomic E-state index is 0.0850. The number of carbonyl (C=O) groups excluding carboxylic acids is 1. The molecule has 0 saturated carbocycles. The van der Waals surface area contributed by atoms with Crippen LogP contribution in [-0.2, 0) is 0 Å². The Bertz CT molecular complexity index is 621. The quantitative estimate of drug-likeness (QED) is 0.834.